The van der Waals surface area contributed by atoms with E-state index < -0.39 is 0 Å². The second-order valence-electron chi connectivity index (χ2n) is 7.81. The summed E-state index contributed by atoms with van der Waals surface area (Å²) in [6.07, 6.45) is 11.0. The summed E-state index contributed by atoms with van der Waals surface area (Å²) in [7, 11) is 0.271. The second kappa shape index (κ2) is 17.5. The van der Waals surface area contributed by atoms with E-state index in [1.54, 1.807) is 0 Å². The van der Waals surface area contributed by atoms with E-state index in [1.807, 2.05) is 0 Å². The number of halogens is 2. The van der Waals surface area contributed by atoms with Crippen LogP contribution < -0.4 is 35.2 Å². The van der Waals surface area contributed by atoms with Gasteiger partial charge in [-0.1, -0.05) is 117 Å². The van der Waals surface area contributed by atoms with E-state index in [4.69, 9.17) is 0 Å². The summed E-state index contributed by atoms with van der Waals surface area (Å²) in [5.74, 6) is 1.12. The van der Waals surface area contributed by atoms with Gasteiger partial charge in [-0.3, -0.25) is 12.2 Å². The van der Waals surface area contributed by atoms with Crippen molar-refractivity contribution in [3.05, 3.63) is 107 Å². The van der Waals surface area contributed by atoms with Crippen LogP contribution in [0.15, 0.2) is 95.1 Å². The topological polar surface area (TPSA) is 0 Å². The van der Waals surface area contributed by atoms with E-state index in [9.17, 15) is 0 Å². The van der Waals surface area contributed by atoms with Gasteiger partial charge in [0.25, 0.3) is 0 Å². The Balaban J connectivity index is 0. The first kappa shape index (κ1) is 33.3. The third-order valence-corrected chi connectivity index (χ3v) is 6.48. The standard InChI is InChI=1S/C12H11Si.2C8H11.2ClH.Zr/c1-3-7-11(8-4-1)13-12-9-5-2-6-10-12;2*1-6-4-7(2)8(3)5-6;;;/h1-10,13H;4,8H,1-3H3;4,6H,1-3H3;2*1H;/q;2*-1;;;+4/p-2. The number of hydrogen-bond donors (Lipinski definition) is 0. The molecule has 0 nitrogen and oxygen atoms in total. The molecule has 2 aromatic carbocycles. The molecule has 0 N–H and O–H groups in total. The monoisotopic (exact) mass is 557 g/mol. The van der Waals surface area contributed by atoms with Gasteiger partial charge in [0.05, 0.1) is 0 Å². The van der Waals surface area contributed by atoms with Crippen LogP contribution in [-0.2, 0) is 26.2 Å². The average molecular weight is 560 g/mol. The summed E-state index contributed by atoms with van der Waals surface area (Å²) >= 11 is 0. The van der Waals surface area contributed by atoms with Crippen molar-refractivity contribution in [3.63, 3.8) is 0 Å². The third-order valence-electron chi connectivity index (χ3n) is 5.04. The van der Waals surface area contributed by atoms with Gasteiger partial charge in [0.1, 0.15) is 9.52 Å². The molecule has 167 valence electrons. The summed E-state index contributed by atoms with van der Waals surface area (Å²) in [6.45, 7) is 12.8. The van der Waals surface area contributed by atoms with Crippen molar-refractivity contribution in [2.24, 2.45) is 11.8 Å². The van der Waals surface area contributed by atoms with Crippen LogP contribution in [0, 0.1) is 24.0 Å². The fraction of sp³-hybridized carbons (Fsp3) is 0.286. The third kappa shape index (κ3) is 12.4. The van der Waals surface area contributed by atoms with Crippen LogP contribution in [0.2, 0.25) is 0 Å². The molecule has 0 fully saturated rings. The van der Waals surface area contributed by atoms with E-state index in [-0.39, 0.29) is 60.5 Å². The van der Waals surface area contributed by atoms with Crippen LogP contribution in [-0.4, -0.2) is 9.52 Å². The fourth-order valence-electron chi connectivity index (χ4n) is 3.25. The van der Waals surface area contributed by atoms with Gasteiger partial charge in [-0.15, -0.1) is 6.92 Å². The van der Waals surface area contributed by atoms with Crippen molar-refractivity contribution in [2.45, 2.75) is 41.5 Å². The Labute approximate surface area is 230 Å². The van der Waals surface area contributed by atoms with Gasteiger partial charge in [0.15, 0.2) is 0 Å². The SMILES string of the molecule is CC1=[C-]C(C)C(C)=C1.CC1=[C-]C(C)C=C1C.[Cl-].[Cl-].[Zr+4].c1ccc([SiH]c2ccccc2)cc1. The van der Waals surface area contributed by atoms with Crippen LogP contribution in [0.25, 0.3) is 0 Å². The summed E-state index contributed by atoms with van der Waals surface area (Å²) in [6, 6.07) is 21.3. The molecule has 0 saturated carbocycles. The van der Waals surface area contributed by atoms with E-state index in [2.05, 4.69) is 127 Å². The van der Waals surface area contributed by atoms with Crippen molar-refractivity contribution in [1.82, 2.24) is 0 Å². The average Bonchev–Trinajstić information content (AvgIpc) is 3.15. The Morgan fingerprint density at radius 1 is 0.719 bits per heavy atom. The molecule has 4 rings (SSSR count). The number of rotatable bonds is 2. The van der Waals surface area contributed by atoms with Crippen LogP contribution in [0.4, 0.5) is 0 Å². The minimum Gasteiger partial charge on any atom is -1.00 e. The molecule has 0 aromatic heterocycles. The van der Waals surface area contributed by atoms with Gasteiger partial charge in [0.2, 0.25) is 0 Å². The molecule has 2 aliphatic carbocycles. The van der Waals surface area contributed by atoms with Crippen molar-refractivity contribution < 1.29 is 51.0 Å². The normalized spacial score (nSPS) is 17.8. The largest absolute Gasteiger partial charge is 4.00 e. The van der Waals surface area contributed by atoms with Crippen LogP contribution in [0.5, 0.6) is 0 Å². The Hall–Kier alpha value is -0.920. The van der Waals surface area contributed by atoms with E-state index in [0.717, 1.165) is 0 Å². The van der Waals surface area contributed by atoms with E-state index >= 15 is 0 Å². The maximum Gasteiger partial charge on any atom is 4.00 e. The predicted molar refractivity (Wildman–Crippen MR) is 130 cm³/mol. The van der Waals surface area contributed by atoms with Crippen molar-refractivity contribution in [1.29, 1.82) is 0 Å². The van der Waals surface area contributed by atoms with Crippen molar-refractivity contribution in [2.75, 3.05) is 0 Å². The quantitative estimate of drug-likeness (QED) is 0.352. The molecular weight excluding hydrogens is 527 g/mol. The summed E-state index contributed by atoms with van der Waals surface area (Å²) in [5, 5.41) is 2.90. The van der Waals surface area contributed by atoms with Gasteiger partial charge < -0.3 is 24.8 Å². The molecule has 4 heteroatoms. The first-order valence-corrected chi connectivity index (χ1v) is 11.5. The second-order valence-corrected chi connectivity index (χ2v) is 9.43. The summed E-state index contributed by atoms with van der Waals surface area (Å²) in [5.41, 5.74) is 5.42. The molecule has 0 heterocycles. The molecule has 2 aliphatic rings. The molecule has 0 spiro atoms. The molecule has 0 amide bonds. The maximum atomic E-state index is 3.29. The number of allylic oxidation sites excluding steroid dienone is 8. The summed E-state index contributed by atoms with van der Waals surface area (Å²) < 4.78 is 0. The zero-order valence-corrected chi connectivity index (χ0v) is 25.0. The molecule has 0 saturated heterocycles. The van der Waals surface area contributed by atoms with Gasteiger partial charge >= 0.3 is 26.2 Å². The number of benzene rings is 2. The maximum absolute atomic E-state index is 3.29. The van der Waals surface area contributed by atoms with E-state index in [0.29, 0.717) is 11.8 Å². The van der Waals surface area contributed by atoms with Crippen LogP contribution >= 0.6 is 0 Å². The smallest absolute Gasteiger partial charge is 1.00 e. The molecule has 2 aromatic rings. The fourth-order valence-corrected chi connectivity index (χ4v) is 4.47. The summed E-state index contributed by atoms with van der Waals surface area (Å²) in [4.78, 5) is 0. The van der Waals surface area contributed by atoms with Gasteiger partial charge in [-0.05, 0) is 0 Å². The Bertz CT molecular complexity index is 844. The minimum atomic E-state index is 0. The zero-order valence-electron chi connectivity index (χ0n) is 19.9. The molecule has 2 unspecified atom stereocenters. The first-order valence-electron chi connectivity index (χ1n) is 10.4. The molecule has 32 heavy (non-hydrogen) atoms. The number of hydrogen-bond acceptors (Lipinski definition) is 0. The predicted octanol–water partition coefficient (Wildman–Crippen LogP) is -0.257. The molecule has 1 radical (unpaired) electrons. The molecular formula is C28H33Cl2SiZr. The van der Waals surface area contributed by atoms with Gasteiger partial charge in [-0.2, -0.15) is 11.6 Å². The van der Waals surface area contributed by atoms with Crippen LogP contribution in [0.3, 0.4) is 0 Å². The van der Waals surface area contributed by atoms with Crippen molar-refractivity contribution >= 4 is 19.9 Å². The van der Waals surface area contributed by atoms with Gasteiger partial charge in [0, 0.05) is 0 Å². The van der Waals surface area contributed by atoms with Crippen molar-refractivity contribution in [3.8, 4) is 0 Å². The zero-order chi connectivity index (χ0) is 21.2. The Kier molecular flexibility index (Phi) is 18.2. The Morgan fingerprint density at radius 3 is 1.41 bits per heavy atom. The Morgan fingerprint density at radius 2 is 1.19 bits per heavy atom. The van der Waals surface area contributed by atoms with Gasteiger partial charge in [-0.25, -0.2) is 22.8 Å². The molecule has 0 aliphatic heterocycles. The minimum absolute atomic E-state index is 0. The first-order chi connectivity index (χ1) is 13.8. The van der Waals surface area contributed by atoms with E-state index in [1.165, 1.54) is 32.7 Å². The molecule has 2 atom stereocenters. The van der Waals surface area contributed by atoms with Crippen LogP contribution in [0.1, 0.15) is 41.5 Å². The molecule has 0 bridgehead atoms.